The summed E-state index contributed by atoms with van der Waals surface area (Å²) < 4.78 is 39.1. The summed E-state index contributed by atoms with van der Waals surface area (Å²) in [6.45, 7) is 1.38. The Kier molecular flexibility index (Phi) is 6.50. The number of aromatic amines is 1. The molecule has 0 aliphatic rings. The Morgan fingerprint density at radius 1 is 1.07 bits per heavy atom. The minimum atomic E-state index is -3.12. The highest BCUT2D eigenvalue weighted by atomic mass is 19.3. The first-order valence-electron chi connectivity index (χ1n) is 8.23. The van der Waals surface area contributed by atoms with Crippen LogP contribution in [0.2, 0.25) is 0 Å². The second-order valence-corrected chi connectivity index (χ2v) is 5.90. The molecule has 1 N–H and O–H groups in total. The number of nitrogens with one attached hydrogen (secondary N) is 1. The summed E-state index contributed by atoms with van der Waals surface area (Å²) >= 11 is 0. The molecule has 0 fully saturated rings. The van der Waals surface area contributed by atoms with Gasteiger partial charge in [-0.05, 0) is 38.5 Å². The number of aromatic nitrogens is 1. The van der Waals surface area contributed by atoms with Crippen molar-refractivity contribution in [3.05, 3.63) is 52.3 Å². The van der Waals surface area contributed by atoms with Gasteiger partial charge in [-0.3, -0.25) is 4.79 Å². The number of esters is 2. The molecule has 0 unspecified atom stereocenters. The molecule has 28 heavy (non-hydrogen) atoms. The third kappa shape index (κ3) is 4.36. The van der Waals surface area contributed by atoms with Crippen LogP contribution in [0.1, 0.15) is 49.4 Å². The number of benzene rings is 1. The SMILES string of the molecule is COC(=O)c1c(C)[nH]c(C(=O)[C@@H](C)OC(=O)c2ccccc2OC(F)F)c1C. The number of aryl methyl sites for hydroxylation is 1. The van der Waals surface area contributed by atoms with Crippen molar-refractivity contribution in [3.63, 3.8) is 0 Å². The lowest BCUT2D eigenvalue weighted by Gasteiger charge is -2.14. The van der Waals surface area contributed by atoms with E-state index in [1.807, 2.05) is 0 Å². The molecule has 1 heterocycles. The number of halogens is 2. The number of carbonyl (C=O) groups is 3. The van der Waals surface area contributed by atoms with Gasteiger partial charge in [0.2, 0.25) is 5.78 Å². The maximum absolute atomic E-state index is 12.7. The van der Waals surface area contributed by atoms with Gasteiger partial charge in [-0.15, -0.1) is 0 Å². The molecule has 9 heteroatoms. The predicted molar refractivity (Wildman–Crippen MR) is 93.9 cm³/mol. The summed E-state index contributed by atoms with van der Waals surface area (Å²) in [4.78, 5) is 39.6. The highest BCUT2D eigenvalue weighted by molar-refractivity contribution is 6.04. The van der Waals surface area contributed by atoms with Crippen LogP contribution in [0.3, 0.4) is 0 Å². The third-order valence-corrected chi connectivity index (χ3v) is 4.05. The first-order valence-corrected chi connectivity index (χ1v) is 8.23. The first kappa shape index (κ1) is 21.1. The van der Waals surface area contributed by atoms with Crippen LogP contribution in [0.25, 0.3) is 0 Å². The van der Waals surface area contributed by atoms with Crippen LogP contribution in [0.15, 0.2) is 24.3 Å². The third-order valence-electron chi connectivity index (χ3n) is 4.05. The van der Waals surface area contributed by atoms with Crippen LogP contribution >= 0.6 is 0 Å². The Labute approximate surface area is 159 Å². The van der Waals surface area contributed by atoms with Gasteiger partial charge in [-0.2, -0.15) is 8.78 Å². The molecule has 7 nitrogen and oxygen atoms in total. The van der Waals surface area contributed by atoms with Crippen molar-refractivity contribution in [1.82, 2.24) is 4.98 Å². The topological polar surface area (TPSA) is 94.7 Å². The van der Waals surface area contributed by atoms with Gasteiger partial charge in [-0.1, -0.05) is 12.1 Å². The van der Waals surface area contributed by atoms with Crippen molar-refractivity contribution in [1.29, 1.82) is 0 Å². The first-order chi connectivity index (χ1) is 13.2. The lowest BCUT2D eigenvalue weighted by Crippen LogP contribution is -2.25. The number of alkyl halides is 2. The summed E-state index contributed by atoms with van der Waals surface area (Å²) in [6.07, 6.45) is -1.24. The van der Waals surface area contributed by atoms with Gasteiger partial charge < -0.3 is 19.2 Å². The van der Waals surface area contributed by atoms with Gasteiger partial charge in [0, 0.05) is 5.69 Å². The monoisotopic (exact) mass is 395 g/mol. The fourth-order valence-corrected chi connectivity index (χ4v) is 2.72. The molecular formula is C19H19F2NO6. The van der Waals surface area contributed by atoms with E-state index in [1.54, 1.807) is 13.8 Å². The Morgan fingerprint density at radius 2 is 1.71 bits per heavy atom. The fourth-order valence-electron chi connectivity index (χ4n) is 2.72. The van der Waals surface area contributed by atoms with E-state index in [1.165, 1.54) is 38.3 Å². The van der Waals surface area contributed by atoms with Gasteiger partial charge in [-0.25, -0.2) is 9.59 Å². The van der Waals surface area contributed by atoms with Gasteiger partial charge in [0.05, 0.1) is 18.4 Å². The Morgan fingerprint density at radius 3 is 2.32 bits per heavy atom. The average Bonchev–Trinajstić information content (AvgIpc) is 2.94. The number of methoxy groups -OCH3 is 1. The van der Waals surface area contributed by atoms with E-state index < -0.39 is 30.4 Å². The zero-order valence-corrected chi connectivity index (χ0v) is 15.7. The number of ether oxygens (including phenoxy) is 3. The average molecular weight is 395 g/mol. The number of para-hydroxylation sites is 1. The minimum Gasteiger partial charge on any atom is -0.465 e. The molecule has 2 aromatic rings. The zero-order valence-electron chi connectivity index (χ0n) is 15.7. The molecule has 0 aliphatic heterocycles. The second-order valence-electron chi connectivity index (χ2n) is 5.90. The van der Waals surface area contributed by atoms with Crippen molar-refractivity contribution in [2.45, 2.75) is 33.5 Å². The molecule has 0 saturated carbocycles. The predicted octanol–water partition coefficient (Wildman–Crippen LogP) is 3.45. The van der Waals surface area contributed by atoms with Crippen molar-refractivity contribution < 1.29 is 37.4 Å². The summed E-state index contributed by atoms with van der Waals surface area (Å²) in [5, 5.41) is 0. The van der Waals surface area contributed by atoms with Crippen molar-refractivity contribution in [3.8, 4) is 5.75 Å². The van der Waals surface area contributed by atoms with Crippen LogP contribution in [-0.4, -0.2) is 42.5 Å². The molecule has 2 rings (SSSR count). The van der Waals surface area contributed by atoms with Gasteiger partial charge in [0.1, 0.15) is 11.3 Å². The number of rotatable bonds is 7. The van der Waals surface area contributed by atoms with Crippen molar-refractivity contribution in [2.24, 2.45) is 0 Å². The molecule has 0 radical (unpaired) electrons. The second kappa shape index (κ2) is 8.64. The largest absolute Gasteiger partial charge is 0.465 e. The molecule has 1 aromatic heterocycles. The normalized spacial score (nSPS) is 11.8. The minimum absolute atomic E-state index is 0.0929. The van der Waals surface area contributed by atoms with E-state index in [4.69, 9.17) is 4.74 Å². The summed E-state index contributed by atoms with van der Waals surface area (Å²) in [5.74, 6) is -2.54. The highest BCUT2D eigenvalue weighted by Gasteiger charge is 2.28. The molecule has 0 amide bonds. The van der Waals surface area contributed by atoms with Gasteiger partial charge >= 0.3 is 18.6 Å². The lowest BCUT2D eigenvalue weighted by atomic mass is 10.1. The maximum atomic E-state index is 12.7. The van der Waals surface area contributed by atoms with E-state index >= 15 is 0 Å². The van der Waals surface area contributed by atoms with Crippen LogP contribution < -0.4 is 4.74 Å². The van der Waals surface area contributed by atoms with Gasteiger partial charge in [0.25, 0.3) is 0 Å². The lowest BCUT2D eigenvalue weighted by molar-refractivity contribution is -0.0505. The van der Waals surface area contributed by atoms with E-state index in [2.05, 4.69) is 14.5 Å². The van der Waals surface area contributed by atoms with Crippen LogP contribution in [0.4, 0.5) is 8.78 Å². The number of ketones is 1. The number of Topliss-reactive ketones (excluding diaryl/α,β-unsaturated/α-hetero) is 1. The quantitative estimate of drug-likeness (QED) is 0.570. The van der Waals surface area contributed by atoms with E-state index in [9.17, 15) is 23.2 Å². The zero-order chi connectivity index (χ0) is 21.0. The molecule has 0 bridgehead atoms. The summed E-state index contributed by atoms with van der Waals surface area (Å²) in [7, 11) is 1.22. The summed E-state index contributed by atoms with van der Waals surface area (Å²) in [6, 6.07) is 5.30. The van der Waals surface area contributed by atoms with Crippen LogP contribution in [0.5, 0.6) is 5.75 Å². The Balaban J connectivity index is 2.22. The van der Waals surface area contributed by atoms with Gasteiger partial charge in [0.15, 0.2) is 6.10 Å². The Hall–Kier alpha value is -3.23. The molecule has 0 saturated heterocycles. The van der Waals surface area contributed by atoms with E-state index in [0.29, 0.717) is 11.3 Å². The molecule has 0 spiro atoms. The number of hydrogen-bond donors (Lipinski definition) is 1. The fraction of sp³-hybridized carbons (Fsp3) is 0.316. The Bertz CT molecular complexity index is 906. The standard InChI is InChI=1S/C19H19F2NO6/c1-9-14(18(25)26-4)10(2)22-15(9)16(23)11(3)27-17(24)12-7-5-6-8-13(12)28-19(20)21/h5-8,11,19,22H,1-4H3/t11-/m1/s1. The molecular weight excluding hydrogens is 376 g/mol. The molecule has 1 atom stereocenters. The van der Waals surface area contributed by atoms with Crippen LogP contribution in [-0.2, 0) is 9.47 Å². The number of H-pyrrole nitrogens is 1. The van der Waals surface area contributed by atoms with Crippen LogP contribution in [0, 0.1) is 13.8 Å². The molecule has 150 valence electrons. The summed E-state index contributed by atoms with van der Waals surface area (Å²) in [5.41, 5.74) is 0.869. The van der Waals surface area contributed by atoms with Crippen molar-refractivity contribution in [2.75, 3.05) is 7.11 Å². The van der Waals surface area contributed by atoms with Crippen molar-refractivity contribution >= 4 is 17.7 Å². The number of carbonyl (C=O) groups excluding carboxylic acids is 3. The van der Waals surface area contributed by atoms with E-state index in [-0.39, 0.29) is 22.6 Å². The molecule has 0 aliphatic carbocycles. The maximum Gasteiger partial charge on any atom is 0.387 e. The number of hydrogen-bond acceptors (Lipinski definition) is 6. The smallest absolute Gasteiger partial charge is 0.387 e. The molecule has 1 aromatic carbocycles. The highest BCUT2D eigenvalue weighted by Crippen LogP contribution is 2.24. The van der Waals surface area contributed by atoms with E-state index in [0.717, 1.165) is 0 Å².